The van der Waals surface area contributed by atoms with E-state index >= 15 is 0 Å². The minimum atomic E-state index is 0.742. The van der Waals surface area contributed by atoms with E-state index in [1.165, 1.54) is 25.9 Å². The zero-order valence-electron chi connectivity index (χ0n) is 10.6. The number of nitrogens with two attached hydrogens (primary N) is 1. The summed E-state index contributed by atoms with van der Waals surface area (Å²) in [6, 6.07) is 5.89. The molecule has 2 rings (SSSR count). The number of benzene rings is 1. The molecule has 1 heterocycles. The van der Waals surface area contributed by atoms with E-state index in [-0.39, 0.29) is 0 Å². The summed E-state index contributed by atoms with van der Waals surface area (Å²) < 4.78 is 5.78. The normalized spacial score (nSPS) is 16.3. The van der Waals surface area contributed by atoms with E-state index in [2.05, 4.69) is 4.90 Å². The van der Waals surface area contributed by atoms with E-state index in [9.17, 15) is 0 Å². The first kappa shape index (κ1) is 12.2. The fourth-order valence-corrected chi connectivity index (χ4v) is 2.34. The summed E-state index contributed by atoms with van der Waals surface area (Å²) in [6.07, 6.45) is 3.78. The Morgan fingerprint density at radius 2 is 2.06 bits per heavy atom. The molecule has 1 aromatic rings. The smallest absolute Gasteiger partial charge is 0.145 e. The van der Waals surface area contributed by atoms with E-state index < -0.39 is 0 Å². The fourth-order valence-electron chi connectivity index (χ4n) is 2.34. The van der Waals surface area contributed by atoms with Crippen molar-refractivity contribution >= 4 is 5.69 Å². The van der Waals surface area contributed by atoms with Crippen LogP contribution in [0.25, 0.3) is 0 Å². The molecule has 2 N–H and O–H groups in total. The highest BCUT2D eigenvalue weighted by atomic mass is 16.5. The van der Waals surface area contributed by atoms with Crippen LogP contribution in [0.2, 0.25) is 0 Å². The zero-order valence-corrected chi connectivity index (χ0v) is 10.6. The number of rotatable bonds is 5. The molecule has 94 valence electrons. The van der Waals surface area contributed by atoms with Gasteiger partial charge in [0.1, 0.15) is 5.75 Å². The number of hydrogen-bond donors (Lipinski definition) is 1. The molecule has 3 nitrogen and oxygen atoms in total. The van der Waals surface area contributed by atoms with Crippen LogP contribution in [0.3, 0.4) is 0 Å². The van der Waals surface area contributed by atoms with E-state index in [1.54, 1.807) is 0 Å². The molecule has 0 atom stereocenters. The third-order valence-corrected chi connectivity index (χ3v) is 3.31. The van der Waals surface area contributed by atoms with Crippen molar-refractivity contribution in [1.82, 2.24) is 4.90 Å². The highest BCUT2D eigenvalue weighted by Crippen LogP contribution is 2.25. The number of aryl methyl sites for hydroxylation is 1. The molecule has 0 radical (unpaired) electrons. The predicted octanol–water partition coefficient (Wildman–Crippen LogP) is 2.44. The third kappa shape index (κ3) is 3.37. The van der Waals surface area contributed by atoms with Crippen LogP contribution in [0.4, 0.5) is 5.69 Å². The second kappa shape index (κ2) is 5.92. The van der Waals surface area contributed by atoms with Crippen molar-refractivity contribution in [2.24, 2.45) is 0 Å². The summed E-state index contributed by atoms with van der Waals surface area (Å²) in [5.74, 6) is 0.855. The highest BCUT2D eigenvalue weighted by Gasteiger charge is 2.10. The average molecular weight is 234 g/mol. The van der Waals surface area contributed by atoms with Gasteiger partial charge in [-0.3, -0.25) is 0 Å². The summed E-state index contributed by atoms with van der Waals surface area (Å²) in [7, 11) is 0. The Hall–Kier alpha value is -1.22. The lowest BCUT2D eigenvalue weighted by Crippen LogP contribution is -2.22. The van der Waals surface area contributed by atoms with E-state index in [0.29, 0.717) is 0 Å². The molecule has 17 heavy (non-hydrogen) atoms. The Labute approximate surface area is 104 Å². The van der Waals surface area contributed by atoms with Crippen LogP contribution in [0.1, 0.15) is 24.8 Å². The molecule has 0 aromatic heterocycles. The largest absolute Gasteiger partial charge is 0.491 e. The summed E-state index contributed by atoms with van der Waals surface area (Å²) in [6.45, 7) is 6.45. The van der Waals surface area contributed by atoms with Gasteiger partial charge in [0.25, 0.3) is 0 Å². The Balaban J connectivity index is 1.74. The van der Waals surface area contributed by atoms with Gasteiger partial charge in [0.2, 0.25) is 0 Å². The summed E-state index contributed by atoms with van der Waals surface area (Å²) in [5.41, 5.74) is 7.75. The molecule has 1 aromatic carbocycles. The molecule has 0 saturated carbocycles. The van der Waals surface area contributed by atoms with Crippen molar-refractivity contribution in [2.45, 2.75) is 26.2 Å². The topological polar surface area (TPSA) is 38.5 Å². The maximum atomic E-state index is 5.89. The van der Waals surface area contributed by atoms with E-state index in [0.717, 1.165) is 36.6 Å². The minimum absolute atomic E-state index is 0.742. The van der Waals surface area contributed by atoms with Crippen molar-refractivity contribution in [3.8, 4) is 5.75 Å². The van der Waals surface area contributed by atoms with Crippen molar-refractivity contribution in [3.05, 3.63) is 23.8 Å². The van der Waals surface area contributed by atoms with Gasteiger partial charge in [-0.15, -0.1) is 0 Å². The zero-order chi connectivity index (χ0) is 12.1. The molecular formula is C14H22N2O. The fraction of sp³-hybridized carbons (Fsp3) is 0.571. The van der Waals surface area contributed by atoms with Gasteiger partial charge < -0.3 is 15.4 Å². The SMILES string of the molecule is Cc1cccc(N)c1OCCCN1CCCC1. The van der Waals surface area contributed by atoms with Crippen LogP contribution in [0, 0.1) is 6.92 Å². The standard InChI is InChI=1S/C14H22N2O/c1-12-6-4-7-13(15)14(12)17-11-5-10-16-8-2-3-9-16/h4,6-7H,2-3,5,8-11,15H2,1H3. The quantitative estimate of drug-likeness (QED) is 0.628. The van der Waals surface area contributed by atoms with Gasteiger partial charge in [0, 0.05) is 6.54 Å². The van der Waals surface area contributed by atoms with Gasteiger partial charge in [0.15, 0.2) is 0 Å². The van der Waals surface area contributed by atoms with Crippen molar-refractivity contribution in [1.29, 1.82) is 0 Å². The van der Waals surface area contributed by atoms with Gasteiger partial charge in [0.05, 0.1) is 12.3 Å². The van der Waals surface area contributed by atoms with Crippen LogP contribution in [0.5, 0.6) is 5.75 Å². The van der Waals surface area contributed by atoms with Crippen molar-refractivity contribution < 1.29 is 4.74 Å². The van der Waals surface area contributed by atoms with Crippen LogP contribution >= 0.6 is 0 Å². The summed E-state index contributed by atoms with van der Waals surface area (Å²) in [4.78, 5) is 2.50. The number of nitrogens with zero attached hydrogens (tertiary/aromatic N) is 1. The number of para-hydroxylation sites is 1. The van der Waals surface area contributed by atoms with Gasteiger partial charge in [-0.2, -0.15) is 0 Å². The molecule has 0 amide bonds. The second-order valence-corrected chi connectivity index (χ2v) is 4.74. The lowest BCUT2D eigenvalue weighted by Gasteiger charge is -2.15. The molecule has 0 aliphatic carbocycles. The average Bonchev–Trinajstić information content (AvgIpc) is 2.80. The van der Waals surface area contributed by atoms with Crippen molar-refractivity contribution in [3.63, 3.8) is 0 Å². The second-order valence-electron chi connectivity index (χ2n) is 4.74. The van der Waals surface area contributed by atoms with E-state index in [1.807, 2.05) is 25.1 Å². The lowest BCUT2D eigenvalue weighted by atomic mass is 10.2. The first-order valence-corrected chi connectivity index (χ1v) is 6.47. The Bertz CT molecular complexity index is 339. The number of likely N-dealkylation sites (tertiary alicyclic amines) is 1. The third-order valence-electron chi connectivity index (χ3n) is 3.31. The summed E-state index contributed by atoms with van der Waals surface area (Å²) in [5, 5.41) is 0. The number of ether oxygens (including phenoxy) is 1. The number of nitrogen functional groups attached to an aromatic ring is 1. The Morgan fingerprint density at radius 1 is 1.29 bits per heavy atom. The minimum Gasteiger partial charge on any atom is -0.491 e. The molecule has 1 aliphatic rings. The molecule has 3 heteroatoms. The van der Waals surface area contributed by atoms with Crippen LogP contribution in [-0.2, 0) is 0 Å². The maximum absolute atomic E-state index is 5.89. The monoisotopic (exact) mass is 234 g/mol. The molecule has 0 unspecified atom stereocenters. The van der Waals surface area contributed by atoms with Gasteiger partial charge in [-0.25, -0.2) is 0 Å². The molecular weight excluding hydrogens is 212 g/mol. The highest BCUT2D eigenvalue weighted by molar-refractivity contribution is 5.56. The first-order valence-electron chi connectivity index (χ1n) is 6.47. The van der Waals surface area contributed by atoms with Crippen LogP contribution in [0.15, 0.2) is 18.2 Å². The molecule has 1 aliphatic heterocycles. The Morgan fingerprint density at radius 3 is 2.76 bits per heavy atom. The summed E-state index contributed by atoms with van der Waals surface area (Å²) >= 11 is 0. The maximum Gasteiger partial charge on any atom is 0.145 e. The van der Waals surface area contributed by atoms with Crippen LogP contribution < -0.4 is 10.5 Å². The van der Waals surface area contributed by atoms with Crippen LogP contribution in [-0.4, -0.2) is 31.1 Å². The number of hydrogen-bond acceptors (Lipinski definition) is 3. The molecule has 1 fully saturated rings. The molecule has 1 saturated heterocycles. The number of anilines is 1. The van der Waals surface area contributed by atoms with Gasteiger partial charge in [-0.1, -0.05) is 12.1 Å². The van der Waals surface area contributed by atoms with Gasteiger partial charge >= 0.3 is 0 Å². The van der Waals surface area contributed by atoms with Crippen molar-refractivity contribution in [2.75, 3.05) is 32.0 Å². The molecule has 0 spiro atoms. The van der Waals surface area contributed by atoms with E-state index in [4.69, 9.17) is 10.5 Å². The predicted molar refractivity (Wildman–Crippen MR) is 71.4 cm³/mol. The lowest BCUT2D eigenvalue weighted by molar-refractivity contribution is 0.263. The first-order chi connectivity index (χ1) is 8.27. The Kier molecular flexibility index (Phi) is 4.26. The molecule has 0 bridgehead atoms. The van der Waals surface area contributed by atoms with Gasteiger partial charge in [-0.05, 0) is 50.9 Å².